The number of aromatic hydroxyl groups is 1. The minimum atomic E-state index is -0.663. The molecule has 1 aliphatic heterocycles. The van der Waals surface area contributed by atoms with Gasteiger partial charge < -0.3 is 20.1 Å². The molecule has 2 rings (SSSR count). The number of benzene rings is 1. The van der Waals surface area contributed by atoms with Gasteiger partial charge in [0.05, 0.1) is 12.2 Å². The largest absolute Gasteiger partial charge is 0.507 e. The van der Waals surface area contributed by atoms with Crippen molar-refractivity contribution < 1.29 is 19.4 Å². The zero-order valence-electron chi connectivity index (χ0n) is 11.6. The van der Waals surface area contributed by atoms with Crippen LogP contribution in [0.5, 0.6) is 5.75 Å². The second-order valence-corrected chi connectivity index (χ2v) is 5.88. The molecule has 6 nitrogen and oxygen atoms in total. The van der Waals surface area contributed by atoms with Crippen molar-refractivity contribution in [2.75, 3.05) is 26.2 Å². The number of nitrogens with zero attached hydrogens (tertiary/aromatic N) is 1. The summed E-state index contributed by atoms with van der Waals surface area (Å²) in [6.45, 7) is 3.35. The first-order valence-electron chi connectivity index (χ1n) is 6.71. The molecule has 0 aromatic heterocycles. The van der Waals surface area contributed by atoms with Crippen LogP contribution in [0.3, 0.4) is 0 Å². The maximum Gasteiger partial charge on any atom is 0.330 e. The molecule has 2 N–H and O–H groups in total. The van der Waals surface area contributed by atoms with Crippen LogP contribution in [0.1, 0.15) is 17.3 Å². The van der Waals surface area contributed by atoms with Gasteiger partial charge in [-0.05, 0) is 47.7 Å². The van der Waals surface area contributed by atoms with E-state index in [0.717, 1.165) is 3.57 Å². The van der Waals surface area contributed by atoms with Crippen molar-refractivity contribution in [2.45, 2.75) is 13.0 Å². The monoisotopic (exact) mass is 404 g/mol. The second-order valence-electron chi connectivity index (χ2n) is 4.63. The van der Waals surface area contributed by atoms with Crippen molar-refractivity contribution in [1.29, 1.82) is 0 Å². The van der Waals surface area contributed by atoms with E-state index in [1.807, 2.05) is 0 Å². The van der Waals surface area contributed by atoms with Gasteiger partial charge in [-0.25, -0.2) is 4.79 Å². The highest BCUT2D eigenvalue weighted by Gasteiger charge is 2.34. The Morgan fingerprint density at radius 1 is 1.52 bits per heavy atom. The third-order valence-electron chi connectivity index (χ3n) is 3.25. The number of rotatable bonds is 3. The fourth-order valence-corrected chi connectivity index (χ4v) is 2.72. The van der Waals surface area contributed by atoms with Crippen molar-refractivity contribution in [3.8, 4) is 5.75 Å². The van der Waals surface area contributed by atoms with Gasteiger partial charge in [-0.3, -0.25) is 4.79 Å². The second kappa shape index (κ2) is 7.08. The minimum absolute atomic E-state index is 0.0819. The number of phenols is 1. The van der Waals surface area contributed by atoms with E-state index >= 15 is 0 Å². The Balaban J connectivity index is 2.26. The normalized spacial score (nSPS) is 18.4. The molecule has 1 heterocycles. The lowest BCUT2D eigenvalue weighted by Gasteiger charge is -2.34. The third-order valence-corrected chi connectivity index (χ3v) is 3.92. The van der Waals surface area contributed by atoms with Gasteiger partial charge in [0.25, 0.3) is 5.91 Å². The number of carbonyl (C=O) groups excluding carboxylic acids is 2. The molecule has 1 atom stereocenters. The number of esters is 1. The molecule has 1 aliphatic rings. The number of carbonyl (C=O) groups is 2. The Labute approximate surface area is 136 Å². The third kappa shape index (κ3) is 3.65. The van der Waals surface area contributed by atoms with Gasteiger partial charge in [0.2, 0.25) is 0 Å². The first-order chi connectivity index (χ1) is 10.0. The van der Waals surface area contributed by atoms with E-state index in [4.69, 9.17) is 4.74 Å². The molecule has 0 aliphatic carbocycles. The minimum Gasteiger partial charge on any atom is -0.507 e. The predicted molar refractivity (Wildman–Crippen MR) is 85.2 cm³/mol. The summed E-state index contributed by atoms with van der Waals surface area (Å²) < 4.78 is 5.86. The maximum absolute atomic E-state index is 12.6. The first kappa shape index (κ1) is 16.0. The van der Waals surface area contributed by atoms with Crippen LogP contribution < -0.4 is 5.32 Å². The van der Waals surface area contributed by atoms with Gasteiger partial charge in [0.1, 0.15) is 11.8 Å². The van der Waals surface area contributed by atoms with E-state index in [-0.39, 0.29) is 23.8 Å². The molecule has 1 saturated heterocycles. The number of halogens is 1. The van der Waals surface area contributed by atoms with Crippen LogP contribution in [0.4, 0.5) is 0 Å². The molecule has 0 radical (unpaired) electrons. The molecule has 1 fully saturated rings. The van der Waals surface area contributed by atoms with Gasteiger partial charge in [-0.15, -0.1) is 0 Å². The highest BCUT2D eigenvalue weighted by atomic mass is 127. The van der Waals surface area contributed by atoms with Gasteiger partial charge in [0, 0.05) is 23.2 Å². The zero-order chi connectivity index (χ0) is 15.4. The summed E-state index contributed by atoms with van der Waals surface area (Å²) >= 11 is 2.07. The molecular weight excluding hydrogens is 387 g/mol. The molecular formula is C14H17IN2O4. The average molecular weight is 404 g/mol. The Morgan fingerprint density at radius 3 is 3.00 bits per heavy atom. The van der Waals surface area contributed by atoms with Crippen LogP contribution in [0.25, 0.3) is 0 Å². The van der Waals surface area contributed by atoms with Gasteiger partial charge in [0.15, 0.2) is 0 Å². The molecule has 1 aromatic carbocycles. The molecule has 1 amide bonds. The predicted octanol–water partition coefficient (Wildman–Crippen LogP) is 0.974. The van der Waals surface area contributed by atoms with E-state index in [1.54, 1.807) is 19.1 Å². The fraction of sp³-hybridized carbons (Fsp3) is 0.429. The van der Waals surface area contributed by atoms with E-state index in [2.05, 4.69) is 27.9 Å². The van der Waals surface area contributed by atoms with Crippen LogP contribution in [-0.2, 0) is 9.53 Å². The Bertz CT molecular complexity index is 550. The topological polar surface area (TPSA) is 78.9 Å². The summed E-state index contributed by atoms with van der Waals surface area (Å²) in [6.07, 6.45) is 0. The van der Waals surface area contributed by atoms with E-state index in [1.165, 1.54) is 11.0 Å². The Morgan fingerprint density at radius 2 is 2.29 bits per heavy atom. The van der Waals surface area contributed by atoms with E-state index in [0.29, 0.717) is 19.6 Å². The average Bonchev–Trinajstić information content (AvgIpc) is 2.49. The summed E-state index contributed by atoms with van der Waals surface area (Å²) in [5.41, 5.74) is 0.207. The molecule has 21 heavy (non-hydrogen) atoms. The number of piperazine rings is 1. The number of hydrogen-bond acceptors (Lipinski definition) is 5. The molecule has 7 heteroatoms. The zero-order valence-corrected chi connectivity index (χ0v) is 13.8. The lowest BCUT2D eigenvalue weighted by atomic mass is 10.1. The highest BCUT2D eigenvalue weighted by molar-refractivity contribution is 14.1. The summed E-state index contributed by atoms with van der Waals surface area (Å²) in [4.78, 5) is 26.1. The summed E-state index contributed by atoms with van der Waals surface area (Å²) in [5, 5.41) is 13.0. The lowest BCUT2D eigenvalue weighted by molar-refractivity contribution is -0.149. The number of amides is 1. The van der Waals surface area contributed by atoms with Gasteiger partial charge in [-0.2, -0.15) is 0 Å². The van der Waals surface area contributed by atoms with Gasteiger partial charge >= 0.3 is 5.97 Å². The SMILES string of the molecule is CCOC(=O)C1CNCCN1C(=O)c1cc(I)ccc1O. The molecule has 1 aromatic rings. The molecule has 0 saturated carbocycles. The Kier molecular flexibility index (Phi) is 5.40. The van der Waals surface area contributed by atoms with E-state index < -0.39 is 12.0 Å². The van der Waals surface area contributed by atoms with Gasteiger partial charge in [-0.1, -0.05) is 0 Å². The van der Waals surface area contributed by atoms with Crippen molar-refractivity contribution in [3.63, 3.8) is 0 Å². The molecule has 1 unspecified atom stereocenters. The molecule has 0 bridgehead atoms. The fourth-order valence-electron chi connectivity index (χ4n) is 2.23. The number of hydrogen-bond donors (Lipinski definition) is 2. The Hall–Kier alpha value is -1.35. The number of phenolic OH excluding ortho intramolecular Hbond substituents is 1. The summed E-state index contributed by atoms with van der Waals surface area (Å²) in [7, 11) is 0. The van der Waals surface area contributed by atoms with Crippen molar-refractivity contribution >= 4 is 34.5 Å². The summed E-state index contributed by atoms with van der Waals surface area (Å²) in [5.74, 6) is -0.865. The maximum atomic E-state index is 12.6. The standard InChI is InChI=1S/C14H17IN2O4/c1-2-21-14(20)11-8-16-5-6-17(11)13(19)10-7-9(15)3-4-12(10)18/h3-4,7,11,16,18H,2,5-6,8H2,1H3. The lowest BCUT2D eigenvalue weighted by Crippen LogP contribution is -2.57. The first-order valence-corrected chi connectivity index (χ1v) is 7.79. The molecule has 0 spiro atoms. The van der Waals surface area contributed by atoms with Crippen molar-refractivity contribution in [1.82, 2.24) is 10.2 Å². The van der Waals surface area contributed by atoms with Crippen LogP contribution in [0.15, 0.2) is 18.2 Å². The smallest absolute Gasteiger partial charge is 0.330 e. The van der Waals surface area contributed by atoms with Crippen LogP contribution in [-0.4, -0.2) is 54.2 Å². The van der Waals surface area contributed by atoms with E-state index in [9.17, 15) is 14.7 Å². The summed E-state index contributed by atoms with van der Waals surface area (Å²) in [6, 6.07) is 4.15. The number of nitrogens with one attached hydrogen (secondary N) is 1. The van der Waals surface area contributed by atoms with Crippen molar-refractivity contribution in [2.24, 2.45) is 0 Å². The highest BCUT2D eigenvalue weighted by Crippen LogP contribution is 2.23. The van der Waals surface area contributed by atoms with Crippen LogP contribution >= 0.6 is 22.6 Å². The van der Waals surface area contributed by atoms with Crippen LogP contribution in [0.2, 0.25) is 0 Å². The van der Waals surface area contributed by atoms with Crippen LogP contribution in [0, 0.1) is 3.57 Å². The molecule has 114 valence electrons. The number of ether oxygens (including phenoxy) is 1. The van der Waals surface area contributed by atoms with Crippen molar-refractivity contribution in [3.05, 3.63) is 27.3 Å². The quantitative estimate of drug-likeness (QED) is 0.580.